The Hall–Kier alpha value is -1.22. The van der Waals surface area contributed by atoms with Crippen molar-refractivity contribution in [3.63, 3.8) is 0 Å². The van der Waals surface area contributed by atoms with Crippen LogP contribution in [0.2, 0.25) is 0 Å². The molecule has 0 spiro atoms. The van der Waals surface area contributed by atoms with Crippen LogP contribution in [-0.2, 0) is 0 Å². The van der Waals surface area contributed by atoms with E-state index in [1.807, 2.05) is 19.3 Å². The summed E-state index contributed by atoms with van der Waals surface area (Å²) < 4.78 is 0. The zero-order valence-electron chi connectivity index (χ0n) is 11.2. The van der Waals surface area contributed by atoms with E-state index in [2.05, 4.69) is 35.7 Å². The molecule has 1 aromatic rings. The quantitative estimate of drug-likeness (QED) is 0.735. The van der Waals surface area contributed by atoms with Gasteiger partial charge >= 0.3 is 0 Å². The van der Waals surface area contributed by atoms with Crippen LogP contribution >= 0.6 is 0 Å². The Labute approximate surface area is 104 Å². The van der Waals surface area contributed by atoms with Crippen molar-refractivity contribution in [2.24, 2.45) is 0 Å². The summed E-state index contributed by atoms with van der Waals surface area (Å²) in [4.78, 5) is 8.77. The predicted octanol–water partition coefficient (Wildman–Crippen LogP) is 3.18. The molecule has 0 aliphatic heterocycles. The number of aryl methyl sites for hydroxylation is 1. The zero-order valence-corrected chi connectivity index (χ0v) is 11.2. The SMILES string of the molecule is C=C(C)CCC(NCCC)c1cnc(C)cn1. The Morgan fingerprint density at radius 1 is 1.41 bits per heavy atom. The summed E-state index contributed by atoms with van der Waals surface area (Å²) in [7, 11) is 0. The summed E-state index contributed by atoms with van der Waals surface area (Å²) in [5.74, 6) is 0. The third kappa shape index (κ3) is 5.09. The van der Waals surface area contributed by atoms with Gasteiger partial charge in [-0.05, 0) is 39.7 Å². The molecule has 0 aliphatic rings. The van der Waals surface area contributed by atoms with Crippen LogP contribution < -0.4 is 5.32 Å². The number of allylic oxidation sites excluding steroid dienone is 1. The van der Waals surface area contributed by atoms with E-state index in [9.17, 15) is 0 Å². The van der Waals surface area contributed by atoms with Gasteiger partial charge in [-0.3, -0.25) is 9.97 Å². The van der Waals surface area contributed by atoms with E-state index in [4.69, 9.17) is 0 Å². The van der Waals surface area contributed by atoms with Crippen molar-refractivity contribution in [1.82, 2.24) is 15.3 Å². The Bertz CT molecular complexity index is 343. The molecular weight excluding hydrogens is 210 g/mol. The van der Waals surface area contributed by atoms with Crippen LogP contribution in [-0.4, -0.2) is 16.5 Å². The van der Waals surface area contributed by atoms with Gasteiger partial charge in [0.1, 0.15) is 0 Å². The molecule has 0 aromatic carbocycles. The number of hydrogen-bond acceptors (Lipinski definition) is 3. The lowest BCUT2D eigenvalue weighted by Gasteiger charge is -2.17. The van der Waals surface area contributed by atoms with Crippen LogP contribution in [0.4, 0.5) is 0 Å². The average molecular weight is 233 g/mol. The van der Waals surface area contributed by atoms with Crippen molar-refractivity contribution in [2.45, 2.75) is 46.1 Å². The topological polar surface area (TPSA) is 37.8 Å². The van der Waals surface area contributed by atoms with E-state index in [-0.39, 0.29) is 0 Å². The summed E-state index contributed by atoms with van der Waals surface area (Å²) in [6.07, 6.45) is 6.89. The third-order valence-corrected chi connectivity index (χ3v) is 2.66. The van der Waals surface area contributed by atoms with Crippen LogP contribution in [0.25, 0.3) is 0 Å². The van der Waals surface area contributed by atoms with E-state index in [0.29, 0.717) is 6.04 Å². The molecule has 0 saturated carbocycles. The third-order valence-electron chi connectivity index (χ3n) is 2.66. The van der Waals surface area contributed by atoms with Crippen molar-refractivity contribution in [1.29, 1.82) is 0 Å². The Kier molecular flexibility index (Phi) is 5.84. The molecule has 0 radical (unpaired) electrons. The Morgan fingerprint density at radius 2 is 2.18 bits per heavy atom. The highest BCUT2D eigenvalue weighted by Gasteiger charge is 2.12. The van der Waals surface area contributed by atoms with Gasteiger partial charge in [0.25, 0.3) is 0 Å². The fraction of sp³-hybridized carbons (Fsp3) is 0.571. The second-order valence-electron chi connectivity index (χ2n) is 4.59. The number of aromatic nitrogens is 2. The first-order valence-electron chi connectivity index (χ1n) is 6.29. The Balaban J connectivity index is 2.67. The van der Waals surface area contributed by atoms with Crippen LogP contribution in [0.3, 0.4) is 0 Å². The first-order chi connectivity index (χ1) is 8.13. The number of hydrogen-bond donors (Lipinski definition) is 1. The second kappa shape index (κ2) is 7.17. The summed E-state index contributed by atoms with van der Waals surface area (Å²) in [5, 5.41) is 3.52. The fourth-order valence-electron chi connectivity index (χ4n) is 1.65. The van der Waals surface area contributed by atoms with E-state index in [0.717, 1.165) is 37.2 Å². The average Bonchev–Trinajstić information content (AvgIpc) is 2.30. The highest BCUT2D eigenvalue weighted by Crippen LogP contribution is 2.18. The molecule has 94 valence electrons. The first kappa shape index (κ1) is 13.8. The van der Waals surface area contributed by atoms with Crippen molar-refractivity contribution < 1.29 is 0 Å². The minimum atomic E-state index is 0.291. The summed E-state index contributed by atoms with van der Waals surface area (Å²) in [6, 6.07) is 0.291. The van der Waals surface area contributed by atoms with E-state index in [1.165, 1.54) is 5.57 Å². The molecule has 1 aromatic heterocycles. The van der Waals surface area contributed by atoms with Crippen LogP contribution in [0.5, 0.6) is 0 Å². The largest absolute Gasteiger partial charge is 0.309 e. The van der Waals surface area contributed by atoms with Gasteiger partial charge in [0, 0.05) is 6.20 Å². The molecule has 1 rings (SSSR count). The second-order valence-corrected chi connectivity index (χ2v) is 4.59. The van der Waals surface area contributed by atoms with Gasteiger partial charge in [-0.15, -0.1) is 6.58 Å². The lowest BCUT2D eigenvalue weighted by molar-refractivity contribution is 0.486. The summed E-state index contributed by atoms with van der Waals surface area (Å²) >= 11 is 0. The summed E-state index contributed by atoms with van der Waals surface area (Å²) in [6.45, 7) is 11.2. The standard InChI is InChI=1S/C14H23N3/c1-5-8-15-13(7-6-11(2)3)14-10-16-12(4)9-17-14/h9-10,13,15H,2,5-8H2,1,3-4H3. The van der Waals surface area contributed by atoms with Gasteiger partial charge in [0.05, 0.1) is 23.6 Å². The molecule has 3 heteroatoms. The molecule has 0 aliphatic carbocycles. The molecule has 0 bridgehead atoms. The van der Waals surface area contributed by atoms with Crippen molar-refractivity contribution in [3.8, 4) is 0 Å². The first-order valence-corrected chi connectivity index (χ1v) is 6.29. The van der Waals surface area contributed by atoms with E-state index in [1.54, 1.807) is 0 Å². The molecule has 1 N–H and O–H groups in total. The molecular formula is C14H23N3. The number of rotatable bonds is 7. The van der Waals surface area contributed by atoms with Crippen LogP contribution in [0.1, 0.15) is 50.5 Å². The predicted molar refractivity (Wildman–Crippen MR) is 71.9 cm³/mol. The van der Waals surface area contributed by atoms with Gasteiger partial charge < -0.3 is 5.32 Å². The molecule has 0 fully saturated rings. The smallest absolute Gasteiger partial charge is 0.0756 e. The fourth-order valence-corrected chi connectivity index (χ4v) is 1.65. The maximum Gasteiger partial charge on any atom is 0.0756 e. The van der Waals surface area contributed by atoms with Gasteiger partial charge in [-0.25, -0.2) is 0 Å². The highest BCUT2D eigenvalue weighted by molar-refractivity contribution is 5.06. The monoisotopic (exact) mass is 233 g/mol. The van der Waals surface area contributed by atoms with Gasteiger partial charge in [0.2, 0.25) is 0 Å². The molecule has 0 amide bonds. The van der Waals surface area contributed by atoms with Crippen molar-refractivity contribution in [2.75, 3.05) is 6.54 Å². The van der Waals surface area contributed by atoms with Gasteiger partial charge in [-0.1, -0.05) is 12.5 Å². The molecule has 1 heterocycles. The Morgan fingerprint density at radius 3 is 2.71 bits per heavy atom. The summed E-state index contributed by atoms with van der Waals surface area (Å²) in [5.41, 5.74) is 3.21. The van der Waals surface area contributed by atoms with Crippen molar-refractivity contribution >= 4 is 0 Å². The van der Waals surface area contributed by atoms with Crippen molar-refractivity contribution in [3.05, 3.63) is 35.9 Å². The van der Waals surface area contributed by atoms with Crippen LogP contribution in [0.15, 0.2) is 24.5 Å². The number of nitrogens with one attached hydrogen (secondary N) is 1. The van der Waals surface area contributed by atoms with E-state index < -0.39 is 0 Å². The molecule has 17 heavy (non-hydrogen) atoms. The number of nitrogens with zero attached hydrogens (tertiary/aromatic N) is 2. The highest BCUT2D eigenvalue weighted by atomic mass is 14.9. The van der Waals surface area contributed by atoms with Crippen LogP contribution in [0, 0.1) is 6.92 Å². The minimum absolute atomic E-state index is 0.291. The van der Waals surface area contributed by atoms with Gasteiger partial charge in [0.15, 0.2) is 0 Å². The van der Waals surface area contributed by atoms with Gasteiger partial charge in [-0.2, -0.15) is 0 Å². The zero-order chi connectivity index (χ0) is 12.7. The maximum atomic E-state index is 4.45. The lowest BCUT2D eigenvalue weighted by atomic mass is 10.0. The molecule has 1 atom stereocenters. The maximum absolute atomic E-state index is 4.45. The molecule has 0 saturated heterocycles. The normalized spacial score (nSPS) is 12.4. The minimum Gasteiger partial charge on any atom is -0.309 e. The lowest BCUT2D eigenvalue weighted by Crippen LogP contribution is -2.23. The van der Waals surface area contributed by atoms with E-state index >= 15 is 0 Å². The molecule has 3 nitrogen and oxygen atoms in total. The molecule has 1 unspecified atom stereocenters.